The maximum Gasteiger partial charge on any atom is 0.164 e. The highest BCUT2D eigenvalue weighted by Crippen LogP contribution is 2.44. The largest absolute Gasteiger partial charge is 0.455 e. The Labute approximate surface area is 328 Å². The summed E-state index contributed by atoms with van der Waals surface area (Å²) in [5.41, 5.74) is 11.4. The molecule has 0 N–H and O–H groups in total. The van der Waals surface area contributed by atoms with E-state index in [2.05, 4.69) is 110 Å². The van der Waals surface area contributed by atoms with E-state index in [0.717, 1.165) is 100 Å². The van der Waals surface area contributed by atoms with E-state index in [4.69, 9.17) is 23.8 Å². The number of hydrogen-bond donors (Lipinski definition) is 0. The molecular formula is C52H33N3O2. The standard InChI is InChI=1S/C52H33N3O2/c1-32-14-4-2-5-15-33-28-29-36(30-35(33)27-26-32)51-53-50(34-16-6-3-7-17-34)54-52(55-51)42-23-13-25-46-47(42)41-22-12-21-40(48(41)57-46)43-31-44-38-19-10-11-24-45(38)56-49(44)39-20-9-8-18-37(39)43/h2-14,16-31H,1,15H2/b5-2-,14-4-,27-26?. The van der Waals surface area contributed by atoms with Crippen molar-refractivity contribution in [3.8, 4) is 45.3 Å². The summed E-state index contributed by atoms with van der Waals surface area (Å²) in [7, 11) is 0. The molecule has 0 atom stereocenters. The normalized spacial score (nSPS) is 14.1. The van der Waals surface area contributed by atoms with Crippen LogP contribution in [0, 0.1) is 0 Å². The molecule has 7 aromatic carbocycles. The molecule has 5 nitrogen and oxygen atoms in total. The Balaban J connectivity index is 1.12. The van der Waals surface area contributed by atoms with Gasteiger partial charge in [-0.1, -0.05) is 158 Å². The molecule has 0 saturated carbocycles. The fourth-order valence-corrected chi connectivity index (χ4v) is 8.14. The molecule has 57 heavy (non-hydrogen) atoms. The number of benzene rings is 7. The van der Waals surface area contributed by atoms with Crippen LogP contribution in [-0.2, 0) is 6.42 Å². The van der Waals surface area contributed by atoms with Crippen molar-refractivity contribution in [3.05, 3.63) is 193 Å². The summed E-state index contributed by atoms with van der Waals surface area (Å²) in [6.07, 6.45) is 13.2. The van der Waals surface area contributed by atoms with E-state index in [1.807, 2.05) is 72.8 Å². The van der Waals surface area contributed by atoms with Crippen molar-refractivity contribution < 1.29 is 8.83 Å². The van der Waals surface area contributed by atoms with E-state index in [1.165, 1.54) is 5.56 Å². The summed E-state index contributed by atoms with van der Waals surface area (Å²) in [5, 5.41) is 6.27. The lowest BCUT2D eigenvalue weighted by atomic mass is 9.94. The average molecular weight is 732 g/mol. The first-order valence-corrected chi connectivity index (χ1v) is 19.1. The predicted molar refractivity (Wildman–Crippen MR) is 234 cm³/mol. The van der Waals surface area contributed by atoms with Crippen molar-refractivity contribution in [1.29, 1.82) is 0 Å². The fourth-order valence-electron chi connectivity index (χ4n) is 8.14. The molecule has 0 radical (unpaired) electrons. The zero-order valence-electron chi connectivity index (χ0n) is 30.8. The number of rotatable bonds is 4. The zero-order chi connectivity index (χ0) is 37.9. The van der Waals surface area contributed by atoms with Crippen molar-refractivity contribution in [2.75, 3.05) is 0 Å². The smallest absolute Gasteiger partial charge is 0.164 e. The number of nitrogens with zero attached hydrogens (tertiary/aromatic N) is 3. The van der Waals surface area contributed by atoms with Gasteiger partial charge < -0.3 is 8.83 Å². The Morgan fingerprint density at radius 1 is 0.456 bits per heavy atom. The molecule has 0 spiro atoms. The van der Waals surface area contributed by atoms with Gasteiger partial charge in [-0.3, -0.25) is 0 Å². The zero-order valence-corrected chi connectivity index (χ0v) is 30.8. The quantitative estimate of drug-likeness (QED) is 0.180. The van der Waals surface area contributed by atoms with Crippen LogP contribution in [0.25, 0.3) is 106 Å². The van der Waals surface area contributed by atoms with Crippen LogP contribution >= 0.6 is 0 Å². The lowest BCUT2D eigenvalue weighted by molar-refractivity contribution is 0.670. The van der Waals surface area contributed by atoms with Gasteiger partial charge in [0.1, 0.15) is 22.3 Å². The summed E-state index contributed by atoms with van der Waals surface area (Å²) < 4.78 is 13.3. The van der Waals surface area contributed by atoms with E-state index < -0.39 is 0 Å². The van der Waals surface area contributed by atoms with E-state index in [-0.39, 0.29) is 0 Å². The van der Waals surface area contributed by atoms with Crippen molar-refractivity contribution >= 4 is 60.7 Å². The van der Waals surface area contributed by atoms with Crippen LogP contribution in [0.4, 0.5) is 0 Å². The van der Waals surface area contributed by atoms with Gasteiger partial charge in [-0.05, 0) is 58.3 Å². The topological polar surface area (TPSA) is 65.0 Å². The fraction of sp³-hybridized carbons (Fsp3) is 0.0192. The van der Waals surface area contributed by atoms with Crippen molar-refractivity contribution in [1.82, 2.24) is 15.0 Å². The monoisotopic (exact) mass is 731 g/mol. The lowest BCUT2D eigenvalue weighted by Crippen LogP contribution is -2.01. The second kappa shape index (κ2) is 13.3. The summed E-state index contributed by atoms with van der Waals surface area (Å²) in [4.78, 5) is 15.4. The number of para-hydroxylation sites is 2. The SMILES string of the molecule is C=C1C=Cc2cc(-c3nc(-c4ccccc4)nc(-c4cccc5oc6c(-c7cc8c9ccccc9oc8c8ccccc78)cccc6c45)n3)ccc2C/C=C\C=C/1. The van der Waals surface area contributed by atoms with Gasteiger partial charge in [-0.25, -0.2) is 15.0 Å². The van der Waals surface area contributed by atoms with Crippen LogP contribution < -0.4 is 0 Å². The van der Waals surface area contributed by atoms with Crippen molar-refractivity contribution in [2.45, 2.75) is 6.42 Å². The molecule has 5 heteroatoms. The minimum absolute atomic E-state index is 0.575. The van der Waals surface area contributed by atoms with E-state index in [0.29, 0.717) is 17.5 Å². The Kier molecular flexibility index (Phi) is 7.64. The molecule has 1 aliphatic carbocycles. The van der Waals surface area contributed by atoms with Gasteiger partial charge in [0.15, 0.2) is 17.5 Å². The minimum Gasteiger partial charge on any atom is -0.455 e. The number of aromatic nitrogens is 3. The molecule has 11 rings (SSSR count). The molecular weight excluding hydrogens is 699 g/mol. The van der Waals surface area contributed by atoms with Gasteiger partial charge in [-0.15, -0.1) is 0 Å². The maximum absolute atomic E-state index is 6.85. The Morgan fingerprint density at radius 2 is 1.16 bits per heavy atom. The first-order valence-electron chi connectivity index (χ1n) is 19.1. The molecule has 3 heterocycles. The van der Waals surface area contributed by atoms with Crippen LogP contribution in [0.5, 0.6) is 0 Å². The van der Waals surface area contributed by atoms with Gasteiger partial charge in [0, 0.05) is 49.2 Å². The molecule has 10 aromatic rings. The third kappa shape index (κ3) is 5.59. The van der Waals surface area contributed by atoms with Crippen molar-refractivity contribution in [3.63, 3.8) is 0 Å². The Hall–Kier alpha value is -7.63. The summed E-state index contributed by atoms with van der Waals surface area (Å²) in [6, 6.07) is 48.0. The third-order valence-corrected chi connectivity index (χ3v) is 10.9. The van der Waals surface area contributed by atoms with Gasteiger partial charge >= 0.3 is 0 Å². The second-order valence-corrected chi connectivity index (χ2v) is 14.4. The number of furan rings is 2. The maximum atomic E-state index is 6.85. The molecule has 0 unspecified atom stereocenters. The molecule has 1 aliphatic rings. The summed E-state index contributed by atoms with van der Waals surface area (Å²) in [6.45, 7) is 4.18. The van der Waals surface area contributed by atoms with Gasteiger partial charge in [-0.2, -0.15) is 0 Å². The van der Waals surface area contributed by atoms with Crippen molar-refractivity contribution in [2.24, 2.45) is 0 Å². The molecule has 268 valence electrons. The number of allylic oxidation sites excluding steroid dienone is 6. The highest BCUT2D eigenvalue weighted by molar-refractivity contribution is 6.22. The molecule has 0 saturated heterocycles. The van der Waals surface area contributed by atoms with E-state index in [1.54, 1.807) is 0 Å². The molecule has 0 bridgehead atoms. The van der Waals surface area contributed by atoms with Crippen LogP contribution in [0.1, 0.15) is 11.1 Å². The highest BCUT2D eigenvalue weighted by Gasteiger charge is 2.22. The first-order chi connectivity index (χ1) is 28.2. The summed E-state index contributed by atoms with van der Waals surface area (Å²) >= 11 is 0. The van der Waals surface area contributed by atoms with Crippen LogP contribution in [0.3, 0.4) is 0 Å². The van der Waals surface area contributed by atoms with Gasteiger partial charge in [0.05, 0.1) is 0 Å². The predicted octanol–water partition coefficient (Wildman–Crippen LogP) is 13.7. The minimum atomic E-state index is 0.575. The molecule has 0 fully saturated rings. The van der Waals surface area contributed by atoms with E-state index in [9.17, 15) is 0 Å². The van der Waals surface area contributed by atoms with E-state index >= 15 is 0 Å². The number of fused-ring (bicyclic) bond motifs is 9. The molecule has 3 aromatic heterocycles. The second-order valence-electron chi connectivity index (χ2n) is 14.4. The average Bonchev–Trinajstić information content (AvgIpc) is 3.85. The number of hydrogen-bond acceptors (Lipinski definition) is 5. The van der Waals surface area contributed by atoms with Crippen LogP contribution in [0.2, 0.25) is 0 Å². The van der Waals surface area contributed by atoms with Crippen LogP contribution in [0.15, 0.2) is 191 Å². The van der Waals surface area contributed by atoms with Gasteiger partial charge in [0.2, 0.25) is 0 Å². The summed E-state index contributed by atoms with van der Waals surface area (Å²) in [5.74, 6) is 1.77. The highest BCUT2D eigenvalue weighted by atomic mass is 16.3. The molecule has 0 amide bonds. The Bertz CT molecular complexity index is 3340. The third-order valence-electron chi connectivity index (χ3n) is 10.9. The van der Waals surface area contributed by atoms with Gasteiger partial charge in [0.25, 0.3) is 0 Å². The lowest BCUT2D eigenvalue weighted by Gasteiger charge is -2.11. The molecule has 0 aliphatic heterocycles. The van der Waals surface area contributed by atoms with Crippen LogP contribution in [-0.4, -0.2) is 15.0 Å². The first kappa shape index (κ1) is 32.8. The Morgan fingerprint density at radius 3 is 2.05 bits per heavy atom.